The minimum Gasteiger partial charge on any atom is -0.492 e. The molecule has 0 saturated carbocycles. The van der Waals surface area contributed by atoms with Crippen molar-refractivity contribution in [1.29, 1.82) is 0 Å². The van der Waals surface area contributed by atoms with E-state index in [0.717, 1.165) is 44.3 Å². The third-order valence-corrected chi connectivity index (χ3v) is 7.15. The van der Waals surface area contributed by atoms with Crippen LogP contribution in [-0.4, -0.2) is 34.5 Å². The van der Waals surface area contributed by atoms with Gasteiger partial charge in [-0.25, -0.2) is 9.00 Å². The Bertz CT molecular complexity index is 1080. The molecule has 6 nitrogen and oxygen atoms in total. The maximum atomic E-state index is 13.3. The van der Waals surface area contributed by atoms with E-state index in [2.05, 4.69) is 15.5 Å². The second kappa shape index (κ2) is 9.21. The lowest BCUT2D eigenvalue weighted by molar-refractivity contribution is 0.0696. The SMILES string of the molecule is C#Cc1cc2c(cc1Cl)N1CCCCC1CCCOc1ccc(C(=O)O)cc1S(=O)N2. The Morgan fingerprint density at radius 1 is 1.26 bits per heavy atom. The number of carbonyl (C=O) groups is 1. The predicted molar refractivity (Wildman–Crippen MR) is 123 cm³/mol. The molecule has 0 bridgehead atoms. The number of hydrogen-bond donors (Lipinski definition) is 2. The van der Waals surface area contributed by atoms with Crippen molar-refractivity contribution in [3.8, 4) is 18.1 Å². The largest absolute Gasteiger partial charge is 0.492 e. The molecule has 2 heterocycles. The first-order valence-electron chi connectivity index (χ1n) is 10.2. The van der Waals surface area contributed by atoms with Crippen molar-refractivity contribution in [2.45, 2.75) is 43.0 Å². The molecule has 8 heteroatoms. The molecule has 31 heavy (non-hydrogen) atoms. The Kier molecular flexibility index (Phi) is 6.40. The third-order valence-electron chi connectivity index (χ3n) is 5.71. The molecule has 0 amide bonds. The molecule has 162 valence electrons. The summed E-state index contributed by atoms with van der Waals surface area (Å²) in [4.78, 5) is 14.0. The molecular formula is C23H23ClN2O4S. The van der Waals surface area contributed by atoms with Crippen LogP contribution >= 0.6 is 11.6 Å². The Balaban J connectivity index is 1.82. The molecular weight excluding hydrogens is 436 g/mol. The number of nitrogens with zero attached hydrogens (tertiary/aromatic N) is 1. The van der Waals surface area contributed by atoms with Gasteiger partial charge in [-0.2, -0.15) is 0 Å². The zero-order chi connectivity index (χ0) is 22.0. The van der Waals surface area contributed by atoms with Gasteiger partial charge in [0.2, 0.25) is 0 Å². The summed E-state index contributed by atoms with van der Waals surface area (Å²) in [7, 11) is -1.77. The maximum absolute atomic E-state index is 13.3. The maximum Gasteiger partial charge on any atom is 0.335 e. The molecule has 2 aliphatic rings. The van der Waals surface area contributed by atoms with Gasteiger partial charge in [-0.1, -0.05) is 17.5 Å². The number of terminal acetylenes is 1. The summed E-state index contributed by atoms with van der Waals surface area (Å²) in [5, 5.41) is 9.84. The average molecular weight is 459 g/mol. The summed E-state index contributed by atoms with van der Waals surface area (Å²) in [6.07, 6.45) is 10.7. The number of ether oxygens (including phenoxy) is 1. The normalized spacial score (nSPS) is 21.0. The highest BCUT2D eigenvalue weighted by atomic mass is 35.5. The summed E-state index contributed by atoms with van der Waals surface area (Å²) >= 11 is 6.43. The van der Waals surface area contributed by atoms with E-state index < -0.39 is 17.0 Å². The van der Waals surface area contributed by atoms with Crippen molar-refractivity contribution < 1.29 is 18.8 Å². The Morgan fingerprint density at radius 3 is 2.84 bits per heavy atom. The number of carboxylic acids is 1. The number of nitrogens with one attached hydrogen (secondary N) is 1. The molecule has 1 fully saturated rings. The molecule has 0 radical (unpaired) electrons. The summed E-state index contributed by atoms with van der Waals surface area (Å²) in [5.74, 6) is 1.88. The lowest BCUT2D eigenvalue weighted by atomic mass is 9.96. The topological polar surface area (TPSA) is 78.9 Å². The minimum atomic E-state index is -1.77. The predicted octanol–water partition coefficient (Wildman–Crippen LogP) is 4.69. The molecule has 2 aromatic carbocycles. The minimum absolute atomic E-state index is 0.0429. The van der Waals surface area contributed by atoms with E-state index in [9.17, 15) is 14.1 Å². The van der Waals surface area contributed by atoms with Gasteiger partial charge in [0.1, 0.15) is 10.6 Å². The standard InChI is InChI=1S/C23H23ClN2O4S/c1-2-15-12-19-20(14-18(15)24)26-10-4-3-6-17(26)7-5-11-30-21-9-8-16(23(27)28)13-22(21)31(29)25-19/h1,8-9,12-14,17,25H,3-7,10-11H2,(H,27,28). The molecule has 0 aliphatic carbocycles. The van der Waals surface area contributed by atoms with Crippen molar-refractivity contribution in [3.05, 3.63) is 46.5 Å². The molecule has 2 atom stereocenters. The van der Waals surface area contributed by atoms with E-state index in [1.807, 2.05) is 6.07 Å². The lowest BCUT2D eigenvalue weighted by Crippen LogP contribution is -2.40. The first-order chi connectivity index (χ1) is 15.0. The summed E-state index contributed by atoms with van der Waals surface area (Å²) in [6.45, 7) is 1.34. The van der Waals surface area contributed by atoms with Gasteiger partial charge in [0.15, 0.2) is 11.0 Å². The Hall–Kier alpha value is -2.69. The van der Waals surface area contributed by atoms with Crippen LogP contribution in [0.3, 0.4) is 0 Å². The van der Waals surface area contributed by atoms with Crippen molar-refractivity contribution in [2.75, 3.05) is 22.8 Å². The number of halogens is 1. The van der Waals surface area contributed by atoms with Crippen molar-refractivity contribution >= 4 is 39.9 Å². The first kappa shape index (κ1) is 21.5. The zero-order valence-corrected chi connectivity index (χ0v) is 18.5. The van der Waals surface area contributed by atoms with Crippen LogP contribution in [0.15, 0.2) is 35.2 Å². The third kappa shape index (κ3) is 4.51. The number of hydrogen-bond acceptors (Lipinski definition) is 4. The average Bonchev–Trinajstić information content (AvgIpc) is 2.77. The highest BCUT2D eigenvalue weighted by Gasteiger charge is 2.27. The molecule has 2 unspecified atom stereocenters. The number of benzene rings is 2. The smallest absolute Gasteiger partial charge is 0.335 e. The van der Waals surface area contributed by atoms with Crippen LogP contribution in [0, 0.1) is 12.3 Å². The highest BCUT2D eigenvalue weighted by Crippen LogP contribution is 2.38. The van der Waals surface area contributed by atoms with Crippen LogP contribution in [0.1, 0.15) is 48.0 Å². The highest BCUT2D eigenvalue weighted by molar-refractivity contribution is 7.86. The van der Waals surface area contributed by atoms with Gasteiger partial charge in [-0.3, -0.25) is 4.72 Å². The molecule has 0 aromatic heterocycles. The van der Waals surface area contributed by atoms with Crippen LogP contribution in [0.5, 0.6) is 5.75 Å². The second-order valence-corrected chi connectivity index (χ2v) is 9.25. The first-order valence-corrected chi connectivity index (χ1v) is 11.8. The molecule has 0 spiro atoms. The number of aromatic carboxylic acids is 1. The van der Waals surface area contributed by atoms with Gasteiger partial charge in [0, 0.05) is 18.2 Å². The van der Waals surface area contributed by atoms with Gasteiger partial charge in [-0.05, 0) is 62.4 Å². The van der Waals surface area contributed by atoms with Gasteiger partial charge in [0.05, 0.1) is 28.6 Å². The van der Waals surface area contributed by atoms with E-state index >= 15 is 0 Å². The van der Waals surface area contributed by atoms with Crippen LogP contribution in [-0.2, 0) is 11.0 Å². The van der Waals surface area contributed by atoms with E-state index in [-0.39, 0.29) is 10.5 Å². The number of anilines is 2. The number of piperidine rings is 1. The summed E-state index contributed by atoms with van der Waals surface area (Å²) in [6, 6.07) is 8.30. The fourth-order valence-corrected chi connectivity index (χ4v) is 5.40. The van der Waals surface area contributed by atoms with Gasteiger partial charge >= 0.3 is 5.97 Å². The van der Waals surface area contributed by atoms with E-state index in [4.69, 9.17) is 22.8 Å². The molecule has 2 N–H and O–H groups in total. The monoisotopic (exact) mass is 458 g/mol. The summed E-state index contributed by atoms with van der Waals surface area (Å²) < 4.78 is 22.3. The van der Waals surface area contributed by atoms with Crippen molar-refractivity contribution in [1.82, 2.24) is 0 Å². The van der Waals surface area contributed by atoms with Crippen LogP contribution in [0.2, 0.25) is 5.02 Å². The van der Waals surface area contributed by atoms with Gasteiger partial charge in [0.25, 0.3) is 0 Å². The number of carboxylic acid groups (broad SMARTS) is 1. The van der Waals surface area contributed by atoms with Crippen molar-refractivity contribution in [3.63, 3.8) is 0 Å². The van der Waals surface area contributed by atoms with E-state index in [1.54, 1.807) is 12.1 Å². The fraction of sp³-hybridized carbons (Fsp3) is 0.348. The van der Waals surface area contributed by atoms with Gasteiger partial charge < -0.3 is 14.7 Å². The molecule has 2 aliphatic heterocycles. The van der Waals surface area contributed by atoms with E-state index in [1.165, 1.54) is 12.1 Å². The summed E-state index contributed by atoms with van der Waals surface area (Å²) in [5.41, 5.74) is 2.01. The van der Waals surface area contributed by atoms with Crippen LogP contribution < -0.4 is 14.4 Å². The van der Waals surface area contributed by atoms with Crippen molar-refractivity contribution in [2.24, 2.45) is 0 Å². The Labute approximate surface area is 189 Å². The molecule has 4 rings (SSSR count). The second-order valence-electron chi connectivity index (χ2n) is 7.66. The van der Waals surface area contributed by atoms with Crippen LogP contribution in [0.25, 0.3) is 0 Å². The molecule has 1 saturated heterocycles. The number of rotatable bonds is 1. The fourth-order valence-electron chi connectivity index (χ4n) is 4.17. The lowest BCUT2D eigenvalue weighted by Gasteiger charge is -2.39. The van der Waals surface area contributed by atoms with E-state index in [0.29, 0.717) is 34.7 Å². The van der Waals surface area contributed by atoms with Crippen LogP contribution in [0.4, 0.5) is 11.4 Å². The zero-order valence-electron chi connectivity index (χ0n) is 16.9. The number of fused-ring (bicyclic) bond motifs is 4. The Morgan fingerprint density at radius 2 is 2.06 bits per heavy atom. The van der Waals surface area contributed by atoms with Gasteiger partial charge in [-0.15, -0.1) is 6.42 Å². The molecule has 2 aromatic rings. The quantitative estimate of drug-likeness (QED) is 0.606.